The van der Waals surface area contributed by atoms with Gasteiger partial charge in [0, 0.05) is 35.9 Å². The maximum atomic E-state index is 14.1. The van der Waals surface area contributed by atoms with Gasteiger partial charge in [-0.05, 0) is 41.6 Å². The molecule has 1 amide bonds. The lowest BCUT2D eigenvalue weighted by molar-refractivity contribution is -0.0567. The molecule has 3 nitrogen and oxygen atoms in total. The second-order valence-electron chi connectivity index (χ2n) is 7.70. The number of rotatable bonds is 6. The SMILES string of the molecule is C=CCC1(c2cccs2)CCN([C@@H](C)c2ccc(-c3ccc(F)cc3F)cc2)C(=O)O1. The van der Waals surface area contributed by atoms with E-state index in [4.69, 9.17) is 4.74 Å². The van der Waals surface area contributed by atoms with Gasteiger partial charge < -0.3 is 9.64 Å². The van der Waals surface area contributed by atoms with Crippen LogP contribution in [0.3, 0.4) is 0 Å². The van der Waals surface area contributed by atoms with Gasteiger partial charge in [-0.15, -0.1) is 17.9 Å². The molecular formula is C25H23F2NO2S. The highest BCUT2D eigenvalue weighted by atomic mass is 32.1. The fraction of sp³-hybridized carbons (Fsp3) is 0.240. The number of hydrogen-bond donors (Lipinski definition) is 0. The van der Waals surface area contributed by atoms with Gasteiger partial charge in [0.25, 0.3) is 0 Å². The Morgan fingerprint density at radius 1 is 1.23 bits per heavy atom. The van der Waals surface area contributed by atoms with Gasteiger partial charge >= 0.3 is 6.09 Å². The van der Waals surface area contributed by atoms with E-state index in [1.165, 1.54) is 12.1 Å². The van der Waals surface area contributed by atoms with Crippen LogP contribution in [0.25, 0.3) is 11.1 Å². The quantitative estimate of drug-likeness (QED) is 0.385. The van der Waals surface area contributed by atoms with E-state index in [2.05, 4.69) is 6.58 Å². The molecule has 0 spiro atoms. The van der Waals surface area contributed by atoms with Crippen LogP contribution in [0.4, 0.5) is 13.6 Å². The van der Waals surface area contributed by atoms with Crippen molar-refractivity contribution in [2.45, 2.75) is 31.4 Å². The Hall–Kier alpha value is -2.99. The highest BCUT2D eigenvalue weighted by molar-refractivity contribution is 7.10. The number of carbonyl (C=O) groups is 1. The second-order valence-corrected chi connectivity index (χ2v) is 8.65. The van der Waals surface area contributed by atoms with Gasteiger partial charge in [-0.3, -0.25) is 0 Å². The zero-order valence-electron chi connectivity index (χ0n) is 17.2. The maximum Gasteiger partial charge on any atom is 0.411 e. The Balaban J connectivity index is 1.52. The van der Waals surface area contributed by atoms with Gasteiger partial charge in [0.2, 0.25) is 0 Å². The van der Waals surface area contributed by atoms with E-state index < -0.39 is 17.2 Å². The van der Waals surface area contributed by atoms with Gasteiger partial charge in [-0.2, -0.15) is 0 Å². The normalized spacial score (nSPS) is 19.7. The van der Waals surface area contributed by atoms with Crippen LogP contribution < -0.4 is 0 Å². The predicted molar refractivity (Wildman–Crippen MR) is 119 cm³/mol. The van der Waals surface area contributed by atoms with Gasteiger partial charge in [0.1, 0.15) is 11.6 Å². The largest absolute Gasteiger partial charge is 0.437 e. The monoisotopic (exact) mass is 439 g/mol. The predicted octanol–water partition coefficient (Wildman–Crippen LogP) is 7.07. The summed E-state index contributed by atoms with van der Waals surface area (Å²) >= 11 is 1.58. The van der Waals surface area contributed by atoms with Crippen LogP contribution in [0.1, 0.15) is 36.2 Å². The molecule has 2 atom stereocenters. The number of nitrogens with zero attached hydrogens (tertiary/aromatic N) is 1. The molecule has 1 aromatic heterocycles. The third kappa shape index (κ3) is 4.12. The average Bonchev–Trinajstić information content (AvgIpc) is 3.30. The molecule has 1 fully saturated rings. The summed E-state index contributed by atoms with van der Waals surface area (Å²) in [7, 11) is 0. The van der Waals surface area contributed by atoms with Crippen LogP contribution in [-0.4, -0.2) is 17.5 Å². The molecule has 0 aliphatic carbocycles. The first-order chi connectivity index (χ1) is 14.9. The lowest BCUT2D eigenvalue weighted by Gasteiger charge is -2.42. The molecule has 1 aliphatic heterocycles. The van der Waals surface area contributed by atoms with E-state index in [1.54, 1.807) is 34.4 Å². The van der Waals surface area contributed by atoms with Crippen molar-refractivity contribution in [3.63, 3.8) is 0 Å². The molecule has 0 bridgehead atoms. The molecule has 0 N–H and O–H groups in total. The number of amides is 1. The average molecular weight is 440 g/mol. The van der Waals surface area contributed by atoms with Crippen molar-refractivity contribution in [3.8, 4) is 11.1 Å². The standard InChI is InChI=1S/C25H23F2NO2S/c1-3-12-25(23-5-4-15-31-23)13-14-28(24(29)30-25)17(2)18-6-8-19(9-7-18)21-11-10-20(26)16-22(21)27/h3-11,15-17H,1,12-14H2,2H3/t17-,25?/m0/s1. The van der Waals surface area contributed by atoms with E-state index in [-0.39, 0.29) is 12.1 Å². The van der Waals surface area contributed by atoms with Gasteiger partial charge in [-0.1, -0.05) is 36.4 Å². The smallest absolute Gasteiger partial charge is 0.411 e. The summed E-state index contributed by atoms with van der Waals surface area (Å²) in [6, 6.07) is 14.6. The molecule has 2 heterocycles. The van der Waals surface area contributed by atoms with Crippen LogP contribution in [-0.2, 0) is 10.3 Å². The summed E-state index contributed by atoms with van der Waals surface area (Å²) in [5.74, 6) is -1.21. The summed E-state index contributed by atoms with van der Waals surface area (Å²) in [5.41, 5.74) is 1.24. The first kappa shape index (κ1) is 21.2. The van der Waals surface area contributed by atoms with Crippen molar-refractivity contribution in [1.29, 1.82) is 0 Å². The van der Waals surface area contributed by atoms with Crippen molar-refractivity contribution in [2.24, 2.45) is 0 Å². The first-order valence-corrected chi connectivity index (χ1v) is 11.0. The van der Waals surface area contributed by atoms with Crippen molar-refractivity contribution in [2.75, 3.05) is 6.54 Å². The highest BCUT2D eigenvalue weighted by Crippen LogP contribution is 2.41. The Labute approximate surface area is 184 Å². The minimum absolute atomic E-state index is 0.204. The zero-order chi connectivity index (χ0) is 22.0. The summed E-state index contributed by atoms with van der Waals surface area (Å²) < 4.78 is 33.2. The number of carbonyl (C=O) groups excluding carboxylic acids is 1. The number of hydrogen-bond acceptors (Lipinski definition) is 3. The lowest BCUT2D eigenvalue weighted by Crippen LogP contribution is -2.48. The van der Waals surface area contributed by atoms with Crippen molar-refractivity contribution < 1.29 is 18.3 Å². The Kier molecular flexibility index (Phi) is 5.92. The molecule has 1 saturated heterocycles. The fourth-order valence-electron chi connectivity index (χ4n) is 4.05. The summed E-state index contributed by atoms with van der Waals surface area (Å²) in [5, 5.41) is 1.98. The molecule has 1 aliphatic rings. The lowest BCUT2D eigenvalue weighted by atomic mass is 9.91. The summed E-state index contributed by atoms with van der Waals surface area (Å²) in [6.07, 6.45) is 2.68. The number of cyclic esters (lactones) is 1. The molecule has 1 unspecified atom stereocenters. The molecule has 31 heavy (non-hydrogen) atoms. The first-order valence-electron chi connectivity index (χ1n) is 10.1. The molecule has 3 aromatic rings. The zero-order valence-corrected chi connectivity index (χ0v) is 18.0. The number of thiophene rings is 1. The second kappa shape index (κ2) is 8.63. The van der Waals surface area contributed by atoms with Crippen LogP contribution in [0.15, 0.2) is 72.6 Å². The Bertz CT molecular complexity index is 1080. The molecule has 160 valence electrons. The molecule has 2 aromatic carbocycles. The van der Waals surface area contributed by atoms with Crippen LogP contribution in [0.5, 0.6) is 0 Å². The topological polar surface area (TPSA) is 29.5 Å². The van der Waals surface area contributed by atoms with Crippen LogP contribution in [0, 0.1) is 11.6 Å². The van der Waals surface area contributed by atoms with Crippen molar-refractivity contribution in [3.05, 3.63) is 94.7 Å². The van der Waals surface area contributed by atoms with Crippen molar-refractivity contribution in [1.82, 2.24) is 4.90 Å². The van der Waals surface area contributed by atoms with Crippen LogP contribution >= 0.6 is 11.3 Å². The van der Waals surface area contributed by atoms with Gasteiger partial charge in [0.05, 0.1) is 6.04 Å². The van der Waals surface area contributed by atoms with E-state index in [0.29, 0.717) is 30.5 Å². The maximum absolute atomic E-state index is 14.1. The fourth-order valence-corrected chi connectivity index (χ4v) is 4.96. The minimum atomic E-state index is -0.660. The van der Waals surface area contributed by atoms with Crippen LogP contribution in [0.2, 0.25) is 0 Å². The van der Waals surface area contributed by atoms with Gasteiger partial charge in [-0.25, -0.2) is 13.6 Å². The molecular weight excluding hydrogens is 416 g/mol. The summed E-state index contributed by atoms with van der Waals surface area (Å²) in [6.45, 7) is 6.33. The number of ether oxygens (including phenoxy) is 1. The Morgan fingerprint density at radius 3 is 2.61 bits per heavy atom. The molecule has 4 rings (SSSR count). The third-order valence-electron chi connectivity index (χ3n) is 5.82. The van der Waals surface area contributed by atoms with Gasteiger partial charge in [0.15, 0.2) is 5.60 Å². The van der Waals surface area contributed by atoms with Crippen molar-refractivity contribution >= 4 is 17.4 Å². The van der Waals surface area contributed by atoms with E-state index in [9.17, 15) is 13.6 Å². The summed E-state index contributed by atoms with van der Waals surface area (Å²) in [4.78, 5) is 15.7. The number of halogens is 2. The van der Waals surface area contributed by atoms with E-state index in [1.807, 2.05) is 36.6 Å². The molecule has 0 saturated carbocycles. The third-order valence-corrected chi connectivity index (χ3v) is 6.88. The van der Waals surface area contributed by atoms with E-state index in [0.717, 1.165) is 16.5 Å². The molecule has 0 radical (unpaired) electrons. The number of benzene rings is 2. The molecule has 6 heteroatoms. The Morgan fingerprint density at radius 2 is 2.00 bits per heavy atom. The van der Waals surface area contributed by atoms with E-state index >= 15 is 0 Å². The highest BCUT2D eigenvalue weighted by Gasteiger charge is 2.43. The minimum Gasteiger partial charge on any atom is -0.437 e.